The zero-order chi connectivity index (χ0) is 27.3. The predicted octanol–water partition coefficient (Wildman–Crippen LogP) is 2.80. The number of carbonyl (C=O) groups excluding carboxylic acids is 1. The molecule has 4 rings (SSSR count). The number of nitrogens with zero attached hydrogens (tertiary/aromatic N) is 5. The quantitative estimate of drug-likeness (QED) is 0.384. The first-order valence-electron chi connectivity index (χ1n) is 10.7. The first-order valence-corrected chi connectivity index (χ1v) is 10.7. The molecule has 198 valence electrons. The molecule has 1 aliphatic heterocycles. The van der Waals surface area contributed by atoms with Gasteiger partial charge >= 0.3 is 12.1 Å². The lowest BCUT2D eigenvalue weighted by Crippen LogP contribution is -2.42. The highest BCUT2D eigenvalue weighted by Crippen LogP contribution is 2.29. The van der Waals surface area contributed by atoms with Crippen LogP contribution in [-0.4, -0.2) is 54.2 Å². The van der Waals surface area contributed by atoms with E-state index >= 15 is 0 Å². The number of pyridine rings is 1. The minimum Gasteiger partial charge on any atom is -0.478 e. The second-order valence-electron chi connectivity index (χ2n) is 7.98. The van der Waals surface area contributed by atoms with Gasteiger partial charge in [0.25, 0.3) is 0 Å². The minimum absolute atomic E-state index is 0.000783. The largest absolute Gasteiger partial charge is 0.478 e. The van der Waals surface area contributed by atoms with Gasteiger partial charge in [-0.15, -0.1) is 10.2 Å². The van der Waals surface area contributed by atoms with Gasteiger partial charge in [0, 0.05) is 44.0 Å². The van der Waals surface area contributed by atoms with Gasteiger partial charge in [-0.05, 0) is 30.2 Å². The second kappa shape index (κ2) is 11.4. The molecule has 3 heterocycles. The van der Waals surface area contributed by atoms with Gasteiger partial charge in [-0.1, -0.05) is 0 Å². The van der Waals surface area contributed by atoms with Gasteiger partial charge in [0.05, 0.1) is 12.1 Å². The molecule has 3 aromatic rings. The maximum absolute atomic E-state index is 13.7. The third-order valence-corrected chi connectivity index (χ3v) is 5.28. The number of carboxylic acids is 1. The zero-order valence-electron chi connectivity index (χ0n) is 18.9. The van der Waals surface area contributed by atoms with Crippen LogP contribution in [0.25, 0.3) is 0 Å². The number of alkyl halides is 3. The molecule has 1 atom stereocenters. The summed E-state index contributed by atoms with van der Waals surface area (Å²) >= 11 is 0. The highest BCUT2D eigenvalue weighted by Gasteiger charge is 2.40. The van der Waals surface area contributed by atoms with E-state index in [1.807, 2.05) is 0 Å². The van der Waals surface area contributed by atoms with Crippen LogP contribution < -0.4 is 5.73 Å². The van der Waals surface area contributed by atoms with E-state index in [2.05, 4.69) is 15.2 Å². The van der Waals surface area contributed by atoms with Crippen molar-refractivity contribution < 1.29 is 41.0 Å². The summed E-state index contributed by atoms with van der Waals surface area (Å²) in [7, 11) is 0. The van der Waals surface area contributed by atoms with Gasteiger partial charge in [-0.2, -0.15) is 13.2 Å². The Hall–Kier alpha value is -4.01. The van der Waals surface area contributed by atoms with Gasteiger partial charge in [0.2, 0.25) is 11.7 Å². The molecule has 1 amide bonds. The van der Waals surface area contributed by atoms with Crippen LogP contribution in [-0.2, 0) is 30.5 Å². The number of aromatic carboxylic acids is 1. The summed E-state index contributed by atoms with van der Waals surface area (Å²) in [6.07, 6.45) is -2.27. The molecule has 15 heteroatoms. The van der Waals surface area contributed by atoms with Crippen LogP contribution in [0.3, 0.4) is 0 Å². The molecule has 0 aliphatic carbocycles. The number of hydrogen-bond donors (Lipinski definition) is 2. The minimum atomic E-state index is -4.64. The van der Waals surface area contributed by atoms with E-state index in [4.69, 9.17) is 10.8 Å². The summed E-state index contributed by atoms with van der Waals surface area (Å²) in [5.41, 5.74) is 5.86. The normalized spacial score (nSPS) is 13.9. The number of carboxylic acid groups (broad SMARTS) is 1. The molecule has 0 bridgehead atoms. The van der Waals surface area contributed by atoms with E-state index in [1.165, 1.54) is 23.4 Å². The van der Waals surface area contributed by atoms with Crippen molar-refractivity contribution in [3.05, 3.63) is 76.9 Å². The van der Waals surface area contributed by atoms with Gasteiger partial charge < -0.3 is 20.3 Å². The van der Waals surface area contributed by atoms with Crippen LogP contribution in [0.15, 0.2) is 36.7 Å². The van der Waals surface area contributed by atoms with E-state index in [1.54, 1.807) is 6.07 Å². The maximum atomic E-state index is 13.7. The van der Waals surface area contributed by atoms with Gasteiger partial charge in [-0.3, -0.25) is 9.78 Å². The number of carbonyl (C=O) groups is 2. The summed E-state index contributed by atoms with van der Waals surface area (Å²) < 4.78 is 79.3. The van der Waals surface area contributed by atoms with Crippen molar-refractivity contribution in [2.45, 2.75) is 38.1 Å². The Morgan fingerprint density at radius 1 is 1.08 bits per heavy atom. The number of aromatic nitrogens is 4. The molecule has 0 radical (unpaired) electrons. The number of amides is 1. The van der Waals surface area contributed by atoms with E-state index in [0.717, 1.165) is 4.57 Å². The van der Waals surface area contributed by atoms with Gasteiger partial charge in [0.1, 0.15) is 5.82 Å². The number of halogens is 6. The number of fused-ring (bicyclic) bond motifs is 1. The molecule has 9 nitrogen and oxygen atoms in total. The highest BCUT2D eigenvalue weighted by atomic mass is 19.4. The van der Waals surface area contributed by atoms with Crippen molar-refractivity contribution in [3.8, 4) is 0 Å². The van der Waals surface area contributed by atoms with Crippen LogP contribution in [0.1, 0.15) is 34.0 Å². The monoisotopic (exact) mass is 530 g/mol. The molecule has 1 aromatic carbocycles. The van der Waals surface area contributed by atoms with Gasteiger partial charge in [-0.25, -0.2) is 18.0 Å². The Labute approximate surface area is 205 Å². The Bertz CT molecular complexity index is 1270. The summed E-state index contributed by atoms with van der Waals surface area (Å²) in [5.74, 6) is -6.09. The lowest BCUT2D eigenvalue weighted by atomic mass is 10.0. The maximum Gasteiger partial charge on any atom is 0.451 e. The average molecular weight is 530 g/mol. The fourth-order valence-corrected chi connectivity index (χ4v) is 3.50. The van der Waals surface area contributed by atoms with E-state index in [0.29, 0.717) is 12.1 Å². The predicted molar refractivity (Wildman–Crippen MR) is 114 cm³/mol. The zero-order valence-corrected chi connectivity index (χ0v) is 18.9. The third kappa shape index (κ3) is 7.03. The molecule has 0 unspecified atom stereocenters. The summed E-state index contributed by atoms with van der Waals surface area (Å²) in [6.45, 7) is -0.302. The van der Waals surface area contributed by atoms with Crippen LogP contribution in [0.2, 0.25) is 0 Å². The first-order chi connectivity index (χ1) is 17.4. The molecule has 0 fully saturated rings. The SMILES string of the molecule is N[C@@H](CC(=O)N1CCn2c(nnc2C(F)(F)F)C1)Cc1cc(F)c(F)cc1F.O=C(O)c1cccnc1. The molecule has 0 saturated carbocycles. The smallest absolute Gasteiger partial charge is 0.451 e. The fourth-order valence-electron chi connectivity index (χ4n) is 3.50. The number of nitrogens with two attached hydrogens (primary N) is 1. The fraction of sp³-hybridized carbons (Fsp3) is 0.318. The average Bonchev–Trinajstić information content (AvgIpc) is 3.27. The van der Waals surface area contributed by atoms with Crippen LogP contribution >= 0.6 is 0 Å². The van der Waals surface area contributed by atoms with Crippen LogP contribution in [0, 0.1) is 17.5 Å². The Balaban J connectivity index is 0.000000356. The first kappa shape index (κ1) is 27.6. The van der Waals surface area contributed by atoms with Crippen molar-refractivity contribution in [2.75, 3.05) is 6.54 Å². The highest BCUT2D eigenvalue weighted by molar-refractivity contribution is 5.86. The molecule has 0 saturated heterocycles. The molecule has 0 spiro atoms. The Morgan fingerprint density at radius 2 is 1.78 bits per heavy atom. The molecule has 1 aliphatic rings. The van der Waals surface area contributed by atoms with Crippen molar-refractivity contribution in [1.82, 2.24) is 24.6 Å². The van der Waals surface area contributed by atoms with Crippen LogP contribution in [0.4, 0.5) is 26.3 Å². The topological polar surface area (TPSA) is 127 Å². The Kier molecular flexibility index (Phi) is 8.47. The number of hydrogen-bond acceptors (Lipinski definition) is 6. The summed E-state index contributed by atoms with van der Waals surface area (Å²) in [4.78, 5) is 27.4. The third-order valence-electron chi connectivity index (χ3n) is 5.28. The van der Waals surface area contributed by atoms with Crippen molar-refractivity contribution in [1.29, 1.82) is 0 Å². The van der Waals surface area contributed by atoms with E-state index in [-0.39, 0.29) is 49.4 Å². The molecule has 3 N–H and O–H groups in total. The van der Waals surface area contributed by atoms with Crippen LogP contribution in [0.5, 0.6) is 0 Å². The lowest BCUT2D eigenvalue weighted by Gasteiger charge is -2.29. The summed E-state index contributed by atoms with van der Waals surface area (Å²) in [6, 6.07) is 3.27. The molecule has 2 aromatic heterocycles. The lowest BCUT2D eigenvalue weighted by molar-refractivity contribution is -0.148. The van der Waals surface area contributed by atoms with E-state index < -0.39 is 47.4 Å². The standard InChI is InChI=1S/C16H15F6N5O.C6H5NO2/c17-10-6-12(19)11(18)4-8(10)3-9(23)5-14(28)26-1-2-27-13(7-26)24-25-15(27)16(20,21)22;8-6(9)5-2-1-3-7-4-5/h4,6,9H,1-3,5,7,23H2;1-4H,(H,8,9)/t9-;/m1./s1. The number of benzene rings is 1. The van der Waals surface area contributed by atoms with E-state index in [9.17, 15) is 35.9 Å². The van der Waals surface area contributed by atoms with Crippen molar-refractivity contribution in [2.24, 2.45) is 5.73 Å². The number of rotatable bonds is 5. The molecular weight excluding hydrogens is 510 g/mol. The Morgan fingerprint density at radius 3 is 2.38 bits per heavy atom. The second-order valence-corrected chi connectivity index (χ2v) is 7.98. The van der Waals surface area contributed by atoms with Crippen molar-refractivity contribution in [3.63, 3.8) is 0 Å². The van der Waals surface area contributed by atoms with Crippen molar-refractivity contribution >= 4 is 11.9 Å². The van der Waals surface area contributed by atoms with Gasteiger partial charge in [0.15, 0.2) is 17.5 Å². The molecule has 37 heavy (non-hydrogen) atoms. The molecular formula is C22H20F6N6O3. The summed E-state index contributed by atoms with van der Waals surface area (Å²) in [5, 5.41) is 14.9.